The van der Waals surface area contributed by atoms with Crippen LogP contribution in [0.5, 0.6) is 0 Å². The Hall–Kier alpha value is -2.31. The molecule has 1 aromatic carbocycles. The molecule has 0 saturated carbocycles. The number of hydrogen-bond acceptors (Lipinski definition) is 3. The molecule has 1 aromatic rings. The lowest BCUT2D eigenvalue weighted by Gasteiger charge is -2.23. The molecule has 0 spiro atoms. The summed E-state index contributed by atoms with van der Waals surface area (Å²) in [6, 6.07) is 4.62. The van der Waals surface area contributed by atoms with Crippen LogP contribution >= 0.6 is 0 Å². The van der Waals surface area contributed by atoms with Crippen LogP contribution in [-0.2, 0) is 11.3 Å². The Bertz CT molecular complexity index is 676. The maximum atomic E-state index is 14.3. The Morgan fingerprint density at radius 3 is 2.64 bits per heavy atom. The predicted molar refractivity (Wildman–Crippen MR) is 92.0 cm³/mol. The van der Waals surface area contributed by atoms with Gasteiger partial charge in [-0.3, -0.25) is 4.79 Å². The van der Waals surface area contributed by atoms with Crippen molar-refractivity contribution in [3.05, 3.63) is 29.6 Å². The molecule has 2 aliphatic heterocycles. The maximum Gasteiger partial charge on any atom is 0.317 e. The third kappa shape index (κ3) is 3.55. The number of halogens is 1. The second-order valence-corrected chi connectivity index (χ2v) is 7.13. The zero-order valence-corrected chi connectivity index (χ0v) is 14.4. The van der Waals surface area contributed by atoms with Crippen molar-refractivity contribution in [2.45, 2.75) is 32.7 Å². The van der Waals surface area contributed by atoms with Crippen molar-refractivity contribution >= 4 is 17.7 Å². The SMILES string of the molecule is CC1(C(=O)O)CCN(C(=O)NCc2c(F)cccc2N2CCCC2)C1. The topological polar surface area (TPSA) is 72.9 Å². The van der Waals surface area contributed by atoms with E-state index < -0.39 is 11.4 Å². The van der Waals surface area contributed by atoms with Crippen LogP contribution in [0.25, 0.3) is 0 Å². The number of aliphatic carboxylic acids is 1. The Balaban J connectivity index is 1.66. The first-order valence-corrected chi connectivity index (χ1v) is 8.69. The van der Waals surface area contributed by atoms with Gasteiger partial charge in [0.15, 0.2) is 0 Å². The number of nitrogens with zero attached hydrogens (tertiary/aromatic N) is 2. The van der Waals surface area contributed by atoms with Gasteiger partial charge in [-0.15, -0.1) is 0 Å². The number of nitrogens with one attached hydrogen (secondary N) is 1. The molecular formula is C18H24FN3O3. The van der Waals surface area contributed by atoms with Gasteiger partial charge in [-0.1, -0.05) is 6.07 Å². The number of rotatable bonds is 4. The van der Waals surface area contributed by atoms with Crippen LogP contribution in [0.1, 0.15) is 31.7 Å². The highest BCUT2D eigenvalue weighted by atomic mass is 19.1. The van der Waals surface area contributed by atoms with E-state index in [2.05, 4.69) is 10.2 Å². The van der Waals surface area contributed by atoms with E-state index in [4.69, 9.17) is 0 Å². The van der Waals surface area contributed by atoms with E-state index in [0.29, 0.717) is 18.5 Å². The molecule has 136 valence electrons. The highest BCUT2D eigenvalue weighted by Gasteiger charge is 2.42. The summed E-state index contributed by atoms with van der Waals surface area (Å²) >= 11 is 0. The van der Waals surface area contributed by atoms with E-state index in [-0.39, 0.29) is 24.9 Å². The highest BCUT2D eigenvalue weighted by Crippen LogP contribution is 2.30. The average molecular weight is 349 g/mol. The average Bonchev–Trinajstić information content (AvgIpc) is 3.23. The summed E-state index contributed by atoms with van der Waals surface area (Å²) in [7, 11) is 0. The summed E-state index contributed by atoms with van der Waals surface area (Å²) in [5.41, 5.74) is 0.406. The number of urea groups is 1. The van der Waals surface area contributed by atoms with Crippen molar-refractivity contribution in [1.29, 1.82) is 0 Å². The van der Waals surface area contributed by atoms with Crippen molar-refractivity contribution in [3.8, 4) is 0 Å². The summed E-state index contributed by atoms with van der Waals surface area (Å²) in [4.78, 5) is 27.3. The zero-order chi connectivity index (χ0) is 18.0. The van der Waals surface area contributed by atoms with Gasteiger partial charge < -0.3 is 20.2 Å². The minimum atomic E-state index is -0.907. The number of anilines is 1. The van der Waals surface area contributed by atoms with Gasteiger partial charge in [0.25, 0.3) is 0 Å². The number of carbonyl (C=O) groups excluding carboxylic acids is 1. The van der Waals surface area contributed by atoms with Crippen LogP contribution in [-0.4, -0.2) is 48.2 Å². The van der Waals surface area contributed by atoms with Gasteiger partial charge in [-0.05, 0) is 38.3 Å². The molecule has 6 nitrogen and oxygen atoms in total. The third-order valence-corrected chi connectivity index (χ3v) is 5.23. The fourth-order valence-corrected chi connectivity index (χ4v) is 3.56. The molecule has 1 atom stereocenters. The molecule has 2 fully saturated rings. The van der Waals surface area contributed by atoms with Gasteiger partial charge in [0, 0.05) is 44.0 Å². The molecule has 0 bridgehead atoms. The van der Waals surface area contributed by atoms with Crippen LogP contribution < -0.4 is 10.2 Å². The molecule has 2 heterocycles. The Morgan fingerprint density at radius 2 is 2.00 bits per heavy atom. The lowest BCUT2D eigenvalue weighted by atomic mass is 9.90. The predicted octanol–water partition coefficient (Wildman–Crippen LogP) is 2.43. The number of carboxylic acids is 1. The van der Waals surface area contributed by atoms with E-state index >= 15 is 0 Å². The van der Waals surface area contributed by atoms with Crippen molar-refractivity contribution in [2.75, 3.05) is 31.1 Å². The fourth-order valence-electron chi connectivity index (χ4n) is 3.56. The number of likely N-dealkylation sites (tertiary alicyclic amines) is 1. The molecular weight excluding hydrogens is 325 g/mol. The molecule has 7 heteroatoms. The quantitative estimate of drug-likeness (QED) is 0.876. The number of amides is 2. The van der Waals surface area contributed by atoms with Crippen molar-refractivity contribution in [1.82, 2.24) is 10.2 Å². The van der Waals surface area contributed by atoms with Gasteiger partial charge in [0.05, 0.1) is 5.41 Å². The Labute approximate surface area is 146 Å². The van der Waals surface area contributed by atoms with Gasteiger partial charge in [0.2, 0.25) is 0 Å². The lowest BCUT2D eigenvalue weighted by Crippen LogP contribution is -2.40. The van der Waals surface area contributed by atoms with E-state index in [1.807, 2.05) is 6.07 Å². The molecule has 0 aromatic heterocycles. The van der Waals surface area contributed by atoms with Crippen LogP contribution in [0.15, 0.2) is 18.2 Å². The minimum absolute atomic E-state index is 0.0949. The largest absolute Gasteiger partial charge is 0.481 e. The summed E-state index contributed by atoms with van der Waals surface area (Å²) in [6.45, 7) is 4.10. The van der Waals surface area contributed by atoms with E-state index in [1.165, 1.54) is 11.0 Å². The van der Waals surface area contributed by atoms with Crippen LogP contribution in [0.3, 0.4) is 0 Å². The fraction of sp³-hybridized carbons (Fsp3) is 0.556. The van der Waals surface area contributed by atoms with Gasteiger partial charge >= 0.3 is 12.0 Å². The van der Waals surface area contributed by atoms with Crippen LogP contribution in [0, 0.1) is 11.2 Å². The molecule has 2 aliphatic rings. The number of carboxylic acid groups (broad SMARTS) is 1. The lowest BCUT2D eigenvalue weighted by molar-refractivity contribution is -0.147. The number of hydrogen-bond donors (Lipinski definition) is 2. The monoisotopic (exact) mass is 349 g/mol. The first-order valence-electron chi connectivity index (χ1n) is 8.69. The summed E-state index contributed by atoms with van der Waals surface area (Å²) in [6.07, 6.45) is 2.60. The molecule has 0 radical (unpaired) electrons. The number of benzene rings is 1. The molecule has 3 rings (SSSR count). The third-order valence-electron chi connectivity index (χ3n) is 5.23. The Kier molecular flexibility index (Phi) is 4.83. The van der Waals surface area contributed by atoms with Crippen molar-refractivity contribution < 1.29 is 19.1 Å². The van der Waals surface area contributed by atoms with E-state index in [0.717, 1.165) is 31.6 Å². The normalized spacial score (nSPS) is 23.1. The molecule has 1 unspecified atom stereocenters. The van der Waals surface area contributed by atoms with Crippen molar-refractivity contribution in [3.63, 3.8) is 0 Å². The van der Waals surface area contributed by atoms with Crippen molar-refractivity contribution in [2.24, 2.45) is 5.41 Å². The summed E-state index contributed by atoms with van der Waals surface area (Å²) in [5.74, 6) is -1.23. The molecule has 2 saturated heterocycles. The van der Waals surface area contributed by atoms with E-state index in [9.17, 15) is 19.1 Å². The zero-order valence-electron chi connectivity index (χ0n) is 14.4. The van der Waals surface area contributed by atoms with Gasteiger partial charge in [-0.25, -0.2) is 9.18 Å². The molecule has 2 N–H and O–H groups in total. The van der Waals surface area contributed by atoms with Crippen LogP contribution in [0.4, 0.5) is 14.9 Å². The molecule has 2 amide bonds. The summed E-state index contributed by atoms with van der Waals surface area (Å²) < 4.78 is 14.3. The number of carbonyl (C=O) groups is 2. The Morgan fingerprint density at radius 1 is 1.28 bits per heavy atom. The smallest absolute Gasteiger partial charge is 0.317 e. The maximum absolute atomic E-state index is 14.3. The second-order valence-electron chi connectivity index (χ2n) is 7.13. The minimum Gasteiger partial charge on any atom is -0.481 e. The van der Waals surface area contributed by atoms with Gasteiger partial charge in [-0.2, -0.15) is 0 Å². The first-order chi connectivity index (χ1) is 11.9. The van der Waals surface area contributed by atoms with Crippen LogP contribution in [0.2, 0.25) is 0 Å². The highest BCUT2D eigenvalue weighted by molar-refractivity contribution is 5.79. The molecule has 0 aliphatic carbocycles. The molecule has 25 heavy (non-hydrogen) atoms. The second kappa shape index (κ2) is 6.90. The van der Waals surface area contributed by atoms with E-state index in [1.54, 1.807) is 13.0 Å². The first kappa shape index (κ1) is 17.5. The summed E-state index contributed by atoms with van der Waals surface area (Å²) in [5, 5.41) is 12.0. The van der Waals surface area contributed by atoms with Gasteiger partial charge in [0.1, 0.15) is 5.82 Å². The standard InChI is InChI=1S/C18H24FN3O3/c1-18(16(23)24)7-10-22(12-18)17(25)20-11-13-14(19)5-4-6-15(13)21-8-2-3-9-21/h4-6H,2-3,7-12H2,1H3,(H,20,25)(H,23,24).